The second-order valence-electron chi connectivity index (χ2n) is 6.79. The number of para-hydroxylation sites is 1. The van der Waals surface area contributed by atoms with Crippen molar-refractivity contribution in [2.24, 2.45) is 0 Å². The Kier molecular flexibility index (Phi) is 6.38. The Hall–Kier alpha value is -3.63. The number of thiocarbonyl (C=S) groups is 1. The second-order valence-corrected chi connectivity index (χ2v) is 7.20. The van der Waals surface area contributed by atoms with Crippen LogP contribution in [-0.2, 0) is 0 Å². The van der Waals surface area contributed by atoms with E-state index < -0.39 is 0 Å². The topological polar surface area (TPSA) is 33.3 Å². The number of ether oxygens (including phenoxy) is 1. The quantitative estimate of drug-likeness (QED) is 0.353. The van der Waals surface area contributed by atoms with E-state index >= 15 is 0 Å². The molecule has 0 aliphatic carbocycles. The van der Waals surface area contributed by atoms with Gasteiger partial charge in [-0.15, -0.1) is 0 Å². The van der Waals surface area contributed by atoms with Gasteiger partial charge >= 0.3 is 0 Å². The highest BCUT2D eigenvalue weighted by molar-refractivity contribution is 7.80. The molecule has 0 spiro atoms. The van der Waals surface area contributed by atoms with Crippen molar-refractivity contribution in [1.82, 2.24) is 5.32 Å². The maximum absolute atomic E-state index is 5.84. The molecule has 4 heteroatoms. The smallest absolute Gasteiger partial charge is 0.171 e. The molecule has 3 nitrogen and oxygen atoms in total. The van der Waals surface area contributed by atoms with Gasteiger partial charge in [0, 0.05) is 5.69 Å². The Bertz CT molecular complexity index is 1030. The van der Waals surface area contributed by atoms with E-state index in [-0.39, 0.29) is 6.04 Å². The molecular formula is C26H22N2OS. The van der Waals surface area contributed by atoms with Crippen molar-refractivity contribution in [1.29, 1.82) is 0 Å². The van der Waals surface area contributed by atoms with E-state index in [0.717, 1.165) is 28.3 Å². The van der Waals surface area contributed by atoms with E-state index in [1.54, 1.807) is 0 Å². The summed E-state index contributed by atoms with van der Waals surface area (Å²) in [5.41, 5.74) is 3.20. The van der Waals surface area contributed by atoms with Crippen molar-refractivity contribution < 1.29 is 4.74 Å². The van der Waals surface area contributed by atoms with Crippen molar-refractivity contribution in [3.63, 3.8) is 0 Å². The number of anilines is 1. The fraction of sp³-hybridized carbons (Fsp3) is 0.0385. The third-order valence-electron chi connectivity index (χ3n) is 4.63. The predicted octanol–water partition coefficient (Wildman–Crippen LogP) is 6.55. The monoisotopic (exact) mass is 410 g/mol. The molecule has 30 heavy (non-hydrogen) atoms. The Balaban J connectivity index is 1.43. The van der Waals surface area contributed by atoms with Crippen LogP contribution in [0.5, 0.6) is 11.5 Å². The molecule has 0 saturated heterocycles. The molecule has 0 atom stereocenters. The van der Waals surface area contributed by atoms with Gasteiger partial charge in [-0.1, -0.05) is 78.9 Å². The van der Waals surface area contributed by atoms with Crippen LogP contribution in [0.4, 0.5) is 5.69 Å². The summed E-state index contributed by atoms with van der Waals surface area (Å²) in [6.45, 7) is 0. The van der Waals surface area contributed by atoms with Crippen molar-refractivity contribution in [2.75, 3.05) is 5.32 Å². The lowest BCUT2D eigenvalue weighted by Crippen LogP contribution is -2.32. The van der Waals surface area contributed by atoms with Gasteiger partial charge in [0.05, 0.1) is 6.04 Å². The lowest BCUT2D eigenvalue weighted by Gasteiger charge is -2.22. The fourth-order valence-electron chi connectivity index (χ4n) is 3.18. The second kappa shape index (κ2) is 9.72. The number of nitrogens with one attached hydrogen (secondary N) is 2. The summed E-state index contributed by atoms with van der Waals surface area (Å²) in [6.07, 6.45) is 0. The molecule has 0 aliphatic rings. The normalized spacial score (nSPS) is 10.4. The SMILES string of the molecule is S=C(Nc1ccc(Oc2ccccc2)cc1)NC(c1ccccc1)c1ccccc1. The summed E-state index contributed by atoms with van der Waals surface area (Å²) in [6, 6.07) is 38.0. The zero-order valence-electron chi connectivity index (χ0n) is 16.4. The lowest BCUT2D eigenvalue weighted by molar-refractivity contribution is 0.483. The summed E-state index contributed by atoms with van der Waals surface area (Å²) < 4.78 is 5.84. The van der Waals surface area contributed by atoms with E-state index in [1.807, 2.05) is 91.0 Å². The molecule has 0 radical (unpaired) electrons. The minimum atomic E-state index is -0.0342. The molecule has 0 aromatic heterocycles. The molecule has 0 heterocycles. The Morgan fingerprint density at radius 1 is 0.600 bits per heavy atom. The van der Waals surface area contributed by atoms with Gasteiger partial charge in [0.15, 0.2) is 5.11 Å². The predicted molar refractivity (Wildman–Crippen MR) is 127 cm³/mol. The molecular weight excluding hydrogens is 388 g/mol. The van der Waals surface area contributed by atoms with E-state index in [2.05, 4.69) is 34.9 Å². The Morgan fingerprint density at radius 2 is 1.07 bits per heavy atom. The first-order valence-electron chi connectivity index (χ1n) is 9.78. The van der Waals surface area contributed by atoms with Gasteiger partial charge in [0.2, 0.25) is 0 Å². The number of benzene rings is 4. The molecule has 4 aromatic carbocycles. The van der Waals surface area contributed by atoms with Crippen molar-refractivity contribution in [2.45, 2.75) is 6.04 Å². The minimum absolute atomic E-state index is 0.0342. The van der Waals surface area contributed by atoms with Crippen LogP contribution >= 0.6 is 12.2 Å². The Morgan fingerprint density at radius 3 is 1.60 bits per heavy atom. The zero-order chi connectivity index (χ0) is 20.6. The molecule has 0 unspecified atom stereocenters. The van der Waals surface area contributed by atoms with Crippen LogP contribution in [0.25, 0.3) is 0 Å². The van der Waals surface area contributed by atoms with Crippen LogP contribution in [0.15, 0.2) is 115 Å². The standard InChI is InChI=1S/C26H22N2OS/c30-26(27-22-16-18-24(19-17-22)29-23-14-8-3-9-15-23)28-25(20-10-4-1-5-11-20)21-12-6-2-7-13-21/h1-19,25H,(H2,27,28,30). The van der Waals surface area contributed by atoms with E-state index in [1.165, 1.54) is 0 Å². The average Bonchev–Trinajstić information content (AvgIpc) is 2.81. The summed E-state index contributed by atoms with van der Waals surface area (Å²) in [7, 11) is 0. The summed E-state index contributed by atoms with van der Waals surface area (Å²) in [4.78, 5) is 0. The van der Waals surface area contributed by atoms with Gasteiger partial charge in [-0.2, -0.15) is 0 Å². The van der Waals surface area contributed by atoms with Crippen LogP contribution in [0.1, 0.15) is 17.2 Å². The highest BCUT2D eigenvalue weighted by atomic mass is 32.1. The summed E-state index contributed by atoms with van der Waals surface area (Å²) >= 11 is 5.60. The highest BCUT2D eigenvalue weighted by Gasteiger charge is 2.14. The van der Waals surface area contributed by atoms with Crippen molar-refractivity contribution in [3.05, 3.63) is 126 Å². The average molecular weight is 411 g/mol. The molecule has 0 amide bonds. The van der Waals surface area contributed by atoms with E-state index in [4.69, 9.17) is 17.0 Å². The van der Waals surface area contributed by atoms with Crippen LogP contribution < -0.4 is 15.4 Å². The molecule has 2 N–H and O–H groups in total. The van der Waals surface area contributed by atoms with Gasteiger partial charge in [-0.05, 0) is 59.7 Å². The zero-order valence-corrected chi connectivity index (χ0v) is 17.2. The highest BCUT2D eigenvalue weighted by Crippen LogP contribution is 2.24. The molecule has 0 aliphatic heterocycles. The third kappa shape index (κ3) is 5.25. The molecule has 4 aromatic rings. The van der Waals surface area contributed by atoms with Crippen molar-refractivity contribution in [3.8, 4) is 11.5 Å². The first-order chi connectivity index (χ1) is 14.8. The first-order valence-corrected chi connectivity index (χ1v) is 10.2. The van der Waals surface area contributed by atoms with Gasteiger partial charge in [-0.3, -0.25) is 0 Å². The van der Waals surface area contributed by atoms with Crippen LogP contribution in [-0.4, -0.2) is 5.11 Å². The number of hydrogen-bond donors (Lipinski definition) is 2. The van der Waals surface area contributed by atoms with Gasteiger partial charge in [0.1, 0.15) is 11.5 Å². The van der Waals surface area contributed by atoms with Crippen LogP contribution in [0.3, 0.4) is 0 Å². The molecule has 4 rings (SSSR count). The first kappa shape index (κ1) is 19.7. The largest absolute Gasteiger partial charge is 0.457 e. The minimum Gasteiger partial charge on any atom is -0.457 e. The van der Waals surface area contributed by atoms with Gasteiger partial charge in [-0.25, -0.2) is 0 Å². The maximum atomic E-state index is 5.84. The number of rotatable bonds is 6. The Labute approximate surface area is 182 Å². The summed E-state index contributed by atoms with van der Waals surface area (Å²) in [5, 5.41) is 7.27. The van der Waals surface area contributed by atoms with Crippen LogP contribution in [0, 0.1) is 0 Å². The number of hydrogen-bond acceptors (Lipinski definition) is 2. The summed E-state index contributed by atoms with van der Waals surface area (Å²) in [5.74, 6) is 1.58. The molecule has 0 bridgehead atoms. The van der Waals surface area contributed by atoms with E-state index in [9.17, 15) is 0 Å². The van der Waals surface area contributed by atoms with Crippen LogP contribution in [0.2, 0.25) is 0 Å². The van der Waals surface area contributed by atoms with Crippen molar-refractivity contribution >= 4 is 23.0 Å². The third-order valence-corrected chi connectivity index (χ3v) is 4.85. The van der Waals surface area contributed by atoms with Gasteiger partial charge in [0.25, 0.3) is 0 Å². The maximum Gasteiger partial charge on any atom is 0.171 e. The molecule has 0 fully saturated rings. The van der Waals surface area contributed by atoms with Gasteiger partial charge < -0.3 is 15.4 Å². The lowest BCUT2D eigenvalue weighted by atomic mass is 9.99. The van der Waals surface area contributed by atoms with E-state index in [0.29, 0.717) is 5.11 Å². The molecule has 148 valence electrons. The molecule has 0 saturated carbocycles. The fourth-order valence-corrected chi connectivity index (χ4v) is 3.42.